The Kier molecular flexibility index (Phi) is 6.37. The second-order valence-electron chi connectivity index (χ2n) is 6.00. The first-order valence-electron chi connectivity index (χ1n) is 7.84. The van der Waals surface area contributed by atoms with Gasteiger partial charge in [-0.1, -0.05) is 38.8 Å². The molecule has 0 saturated heterocycles. The highest BCUT2D eigenvalue weighted by Crippen LogP contribution is 2.32. The number of rotatable bonds is 5. The van der Waals surface area contributed by atoms with E-state index in [0.29, 0.717) is 12.1 Å². The fourth-order valence-corrected chi connectivity index (χ4v) is 3.17. The summed E-state index contributed by atoms with van der Waals surface area (Å²) in [4.78, 5) is 0. The van der Waals surface area contributed by atoms with E-state index in [0.717, 1.165) is 16.8 Å². The number of hydrogen-bond acceptors (Lipinski definition) is 2. The quantitative estimate of drug-likeness (QED) is 0.758. The average molecular weight is 340 g/mol. The maximum atomic E-state index is 6.34. The molecule has 2 nitrogen and oxygen atoms in total. The number of ether oxygens (including phenoxy) is 1. The van der Waals surface area contributed by atoms with Gasteiger partial charge >= 0.3 is 0 Å². The highest BCUT2D eigenvalue weighted by atomic mass is 79.9. The van der Waals surface area contributed by atoms with Gasteiger partial charge in [0.15, 0.2) is 0 Å². The van der Waals surface area contributed by atoms with Crippen LogP contribution in [0, 0.1) is 0 Å². The van der Waals surface area contributed by atoms with E-state index in [1.54, 1.807) is 0 Å². The van der Waals surface area contributed by atoms with Crippen LogP contribution in [0.15, 0.2) is 22.7 Å². The van der Waals surface area contributed by atoms with Crippen LogP contribution in [0.4, 0.5) is 0 Å². The van der Waals surface area contributed by atoms with E-state index in [2.05, 4.69) is 53.3 Å². The molecule has 0 unspecified atom stereocenters. The Bertz CT molecular complexity index is 411. The summed E-state index contributed by atoms with van der Waals surface area (Å²) in [6.45, 7) is 5.20. The van der Waals surface area contributed by atoms with Crippen LogP contribution in [0.1, 0.15) is 57.9 Å². The lowest BCUT2D eigenvalue weighted by Crippen LogP contribution is -2.23. The van der Waals surface area contributed by atoms with Crippen LogP contribution in [0.5, 0.6) is 5.75 Å². The van der Waals surface area contributed by atoms with Crippen molar-refractivity contribution in [1.29, 1.82) is 0 Å². The van der Waals surface area contributed by atoms with Crippen molar-refractivity contribution in [3.05, 3.63) is 28.2 Å². The van der Waals surface area contributed by atoms with Crippen molar-refractivity contribution in [2.24, 2.45) is 0 Å². The van der Waals surface area contributed by atoms with E-state index in [-0.39, 0.29) is 0 Å². The minimum absolute atomic E-state index is 0.383. The molecule has 1 aliphatic carbocycles. The molecule has 0 amide bonds. The topological polar surface area (TPSA) is 21.3 Å². The Hall–Kier alpha value is -0.540. The Morgan fingerprint density at radius 1 is 1.20 bits per heavy atom. The number of para-hydroxylation sites is 1. The predicted molar refractivity (Wildman–Crippen MR) is 88.2 cm³/mol. The summed E-state index contributed by atoms with van der Waals surface area (Å²) < 4.78 is 7.42. The van der Waals surface area contributed by atoms with E-state index in [9.17, 15) is 0 Å². The zero-order valence-electron chi connectivity index (χ0n) is 12.6. The Morgan fingerprint density at radius 3 is 2.55 bits per heavy atom. The van der Waals surface area contributed by atoms with Crippen molar-refractivity contribution >= 4 is 15.9 Å². The van der Waals surface area contributed by atoms with Crippen LogP contribution in [0.25, 0.3) is 0 Å². The molecule has 1 aliphatic rings. The van der Waals surface area contributed by atoms with Crippen molar-refractivity contribution in [1.82, 2.24) is 5.32 Å². The van der Waals surface area contributed by atoms with Gasteiger partial charge in [0.2, 0.25) is 0 Å². The van der Waals surface area contributed by atoms with Gasteiger partial charge in [-0.3, -0.25) is 0 Å². The minimum Gasteiger partial charge on any atom is -0.489 e. The fourth-order valence-electron chi connectivity index (χ4n) is 2.67. The van der Waals surface area contributed by atoms with Gasteiger partial charge in [-0.15, -0.1) is 0 Å². The predicted octanol–water partition coefficient (Wildman–Crippen LogP) is 5.05. The van der Waals surface area contributed by atoms with Crippen LogP contribution in [0.2, 0.25) is 0 Å². The first-order chi connectivity index (χ1) is 9.66. The summed E-state index contributed by atoms with van der Waals surface area (Å²) in [7, 11) is 0. The molecule has 1 N–H and O–H groups in total. The highest BCUT2D eigenvalue weighted by molar-refractivity contribution is 9.10. The smallest absolute Gasteiger partial charge is 0.138 e. The van der Waals surface area contributed by atoms with Gasteiger partial charge in [-0.05, 0) is 47.7 Å². The zero-order valence-corrected chi connectivity index (χ0v) is 14.2. The maximum Gasteiger partial charge on any atom is 0.138 e. The molecule has 1 fully saturated rings. The lowest BCUT2D eigenvalue weighted by molar-refractivity contribution is 0.180. The molecule has 1 aromatic carbocycles. The second-order valence-corrected chi connectivity index (χ2v) is 6.85. The Balaban J connectivity index is 2.07. The van der Waals surface area contributed by atoms with Gasteiger partial charge in [0, 0.05) is 18.2 Å². The van der Waals surface area contributed by atoms with Gasteiger partial charge in [0.1, 0.15) is 5.75 Å². The highest BCUT2D eigenvalue weighted by Gasteiger charge is 2.17. The summed E-state index contributed by atoms with van der Waals surface area (Å²) in [6.07, 6.45) is 8.09. The number of halogens is 1. The molecule has 0 aromatic heterocycles. The van der Waals surface area contributed by atoms with Crippen molar-refractivity contribution in [2.75, 3.05) is 0 Å². The molecule has 0 radical (unpaired) electrons. The molecule has 2 rings (SSSR count). The summed E-state index contributed by atoms with van der Waals surface area (Å²) in [5, 5.41) is 3.48. The zero-order chi connectivity index (χ0) is 14.4. The molecule has 20 heavy (non-hydrogen) atoms. The first-order valence-corrected chi connectivity index (χ1v) is 8.63. The molecule has 0 spiro atoms. The van der Waals surface area contributed by atoms with Crippen LogP contribution in [0.3, 0.4) is 0 Å². The molecular formula is C17H26BrNO. The molecule has 112 valence electrons. The van der Waals surface area contributed by atoms with Gasteiger partial charge in [-0.25, -0.2) is 0 Å². The summed E-state index contributed by atoms with van der Waals surface area (Å²) in [5.41, 5.74) is 1.25. The molecule has 0 heterocycles. The lowest BCUT2D eigenvalue weighted by atomic mass is 10.1. The van der Waals surface area contributed by atoms with Crippen molar-refractivity contribution in [3.8, 4) is 5.75 Å². The Morgan fingerprint density at radius 2 is 1.90 bits per heavy atom. The Labute approximate surface area is 131 Å². The molecular weight excluding hydrogens is 314 g/mol. The summed E-state index contributed by atoms with van der Waals surface area (Å²) >= 11 is 3.65. The third-order valence-corrected chi connectivity index (χ3v) is 4.46. The van der Waals surface area contributed by atoms with Crippen LogP contribution >= 0.6 is 15.9 Å². The van der Waals surface area contributed by atoms with Gasteiger partial charge in [-0.2, -0.15) is 0 Å². The van der Waals surface area contributed by atoms with Crippen LogP contribution in [-0.2, 0) is 6.54 Å². The van der Waals surface area contributed by atoms with Crippen molar-refractivity contribution in [2.45, 2.75) is 71.1 Å². The number of benzene rings is 1. The van der Waals surface area contributed by atoms with E-state index >= 15 is 0 Å². The van der Waals surface area contributed by atoms with E-state index < -0.39 is 0 Å². The number of nitrogens with one attached hydrogen (secondary N) is 1. The first kappa shape index (κ1) is 15.8. The second kappa shape index (κ2) is 8.04. The van der Waals surface area contributed by atoms with Crippen molar-refractivity contribution in [3.63, 3.8) is 0 Å². The van der Waals surface area contributed by atoms with E-state index in [4.69, 9.17) is 4.74 Å². The molecule has 1 saturated carbocycles. The minimum atomic E-state index is 0.383. The third kappa shape index (κ3) is 4.78. The molecule has 0 bridgehead atoms. The van der Waals surface area contributed by atoms with E-state index in [1.807, 2.05) is 0 Å². The summed E-state index contributed by atoms with van der Waals surface area (Å²) in [5.74, 6) is 1.03. The van der Waals surface area contributed by atoms with Crippen LogP contribution < -0.4 is 10.1 Å². The number of hydrogen-bond donors (Lipinski definition) is 1. The summed E-state index contributed by atoms with van der Waals surface area (Å²) in [6, 6.07) is 6.80. The van der Waals surface area contributed by atoms with Gasteiger partial charge in [0.25, 0.3) is 0 Å². The normalized spacial score (nSPS) is 17.2. The van der Waals surface area contributed by atoms with Gasteiger partial charge in [0.05, 0.1) is 10.6 Å². The monoisotopic (exact) mass is 339 g/mol. The SMILES string of the molecule is CC(C)NCc1cccc(Br)c1OC1CCCCCC1. The fraction of sp³-hybridized carbons (Fsp3) is 0.647. The maximum absolute atomic E-state index is 6.34. The molecule has 1 aromatic rings. The average Bonchev–Trinajstić information content (AvgIpc) is 2.68. The standard InChI is InChI=1S/C17H26BrNO/c1-13(2)19-12-14-8-7-11-16(18)17(14)20-15-9-5-3-4-6-10-15/h7-8,11,13,15,19H,3-6,9-10,12H2,1-2H3. The van der Waals surface area contributed by atoms with Crippen LogP contribution in [-0.4, -0.2) is 12.1 Å². The third-order valence-electron chi connectivity index (χ3n) is 3.84. The molecule has 0 aliphatic heterocycles. The molecule has 3 heteroatoms. The molecule has 0 atom stereocenters. The van der Waals surface area contributed by atoms with E-state index in [1.165, 1.54) is 44.1 Å². The van der Waals surface area contributed by atoms with Gasteiger partial charge < -0.3 is 10.1 Å². The van der Waals surface area contributed by atoms with Crippen molar-refractivity contribution < 1.29 is 4.74 Å². The lowest BCUT2D eigenvalue weighted by Gasteiger charge is -2.21. The largest absolute Gasteiger partial charge is 0.489 e.